The molecule has 2 rings (SSSR count). The Morgan fingerprint density at radius 1 is 1.25 bits per heavy atom. The smallest absolute Gasteiger partial charge is 0.000835 e. The standard InChI is InChI=1S/C14H21N.ClH/c1-3-15-11-14(2)9-8-12-6-4-5-7-13(12)10-14;/h4-7,15H,3,8-11H2,1-2H3;1H. The van der Waals surface area contributed by atoms with E-state index in [1.807, 2.05) is 0 Å². The first kappa shape index (κ1) is 13.5. The van der Waals surface area contributed by atoms with E-state index >= 15 is 0 Å². The first-order valence-corrected chi connectivity index (χ1v) is 6.01. The first-order valence-electron chi connectivity index (χ1n) is 6.01. The highest BCUT2D eigenvalue weighted by atomic mass is 35.5. The zero-order valence-electron chi connectivity index (χ0n) is 10.3. The van der Waals surface area contributed by atoms with Crippen molar-refractivity contribution < 1.29 is 0 Å². The minimum absolute atomic E-state index is 0. The summed E-state index contributed by atoms with van der Waals surface area (Å²) in [5, 5.41) is 3.49. The van der Waals surface area contributed by atoms with Gasteiger partial charge in [-0.2, -0.15) is 0 Å². The fourth-order valence-corrected chi connectivity index (χ4v) is 2.54. The molecule has 90 valence electrons. The van der Waals surface area contributed by atoms with Crippen molar-refractivity contribution in [2.24, 2.45) is 5.41 Å². The predicted molar refractivity (Wildman–Crippen MR) is 72.4 cm³/mol. The van der Waals surface area contributed by atoms with Crippen molar-refractivity contribution in [3.05, 3.63) is 35.4 Å². The molecule has 1 N–H and O–H groups in total. The van der Waals surface area contributed by atoms with Crippen LogP contribution in [0.25, 0.3) is 0 Å². The number of hydrogen-bond donors (Lipinski definition) is 1. The van der Waals surface area contributed by atoms with E-state index in [9.17, 15) is 0 Å². The van der Waals surface area contributed by atoms with E-state index in [4.69, 9.17) is 0 Å². The highest BCUT2D eigenvalue weighted by Crippen LogP contribution is 2.34. The van der Waals surface area contributed by atoms with Gasteiger partial charge in [-0.25, -0.2) is 0 Å². The van der Waals surface area contributed by atoms with Gasteiger partial charge in [-0.15, -0.1) is 12.4 Å². The van der Waals surface area contributed by atoms with E-state index in [0.29, 0.717) is 5.41 Å². The number of halogens is 1. The molecule has 0 heterocycles. The van der Waals surface area contributed by atoms with Gasteiger partial charge in [0.15, 0.2) is 0 Å². The quantitative estimate of drug-likeness (QED) is 0.854. The van der Waals surface area contributed by atoms with E-state index in [2.05, 4.69) is 43.4 Å². The third-order valence-corrected chi connectivity index (χ3v) is 3.54. The summed E-state index contributed by atoms with van der Waals surface area (Å²) < 4.78 is 0. The molecule has 0 fully saturated rings. The average molecular weight is 240 g/mol. The molecule has 0 spiro atoms. The number of hydrogen-bond acceptors (Lipinski definition) is 1. The maximum atomic E-state index is 3.49. The molecule has 1 aromatic carbocycles. The number of aryl methyl sites for hydroxylation is 1. The van der Waals surface area contributed by atoms with Crippen molar-refractivity contribution in [1.82, 2.24) is 5.32 Å². The van der Waals surface area contributed by atoms with Gasteiger partial charge in [-0.1, -0.05) is 38.1 Å². The zero-order chi connectivity index (χ0) is 10.7. The lowest BCUT2D eigenvalue weighted by molar-refractivity contribution is 0.266. The Kier molecular flexibility index (Phi) is 4.82. The van der Waals surface area contributed by atoms with Crippen LogP contribution in [0.3, 0.4) is 0 Å². The summed E-state index contributed by atoms with van der Waals surface area (Å²) in [7, 11) is 0. The van der Waals surface area contributed by atoms with Crippen LogP contribution in [-0.4, -0.2) is 13.1 Å². The van der Waals surface area contributed by atoms with Gasteiger partial charge in [0, 0.05) is 6.54 Å². The molecule has 0 aliphatic heterocycles. The molecule has 0 saturated carbocycles. The van der Waals surface area contributed by atoms with Crippen LogP contribution in [-0.2, 0) is 12.8 Å². The van der Waals surface area contributed by atoms with Gasteiger partial charge in [0.05, 0.1) is 0 Å². The fourth-order valence-electron chi connectivity index (χ4n) is 2.54. The summed E-state index contributed by atoms with van der Waals surface area (Å²) in [6.45, 7) is 6.82. The lowest BCUT2D eigenvalue weighted by Crippen LogP contribution is -2.36. The molecular formula is C14H22ClN. The van der Waals surface area contributed by atoms with Crippen LogP contribution in [0.4, 0.5) is 0 Å². The Morgan fingerprint density at radius 3 is 2.62 bits per heavy atom. The Bertz CT molecular complexity index is 337. The fraction of sp³-hybridized carbons (Fsp3) is 0.571. The highest BCUT2D eigenvalue weighted by Gasteiger charge is 2.28. The van der Waals surface area contributed by atoms with Crippen LogP contribution < -0.4 is 5.32 Å². The lowest BCUT2D eigenvalue weighted by Gasteiger charge is -2.35. The largest absolute Gasteiger partial charge is 0.316 e. The van der Waals surface area contributed by atoms with Gasteiger partial charge in [0.25, 0.3) is 0 Å². The molecule has 1 atom stereocenters. The Labute approximate surface area is 105 Å². The van der Waals surface area contributed by atoms with Crippen LogP contribution in [0.1, 0.15) is 31.4 Å². The number of benzene rings is 1. The summed E-state index contributed by atoms with van der Waals surface area (Å²) in [6.07, 6.45) is 3.80. The van der Waals surface area contributed by atoms with Crippen LogP contribution in [0.2, 0.25) is 0 Å². The second kappa shape index (κ2) is 5.70. The van der Waals surface area contributed by atoms with Crippen molar-refractivity contribution in [3.8, 4) is 0 Å². The zero-order valence-corrected chi connectivity index (χ0v) is 11.1. The maximum Gasteiger partial charge on any atom is 0.000835 e. The van der Waals surface area contributed by atoms with E-state index in [1.54, 1.807) is 11.1 Å². The summed E-state index contributed by atoms with van der Waals surface area (Å²) >= 11 is 0. The minimum atomic E-state index is 0. The molecule has 0 amide bonds. The van der Waals surface area contributed by atoms with Gasteiger partial charge in [0.1, 0.15) is 0 Å². The SMILES string of the molecule is CCNCC1(C)CCc2ccccc2C1.Cl. The summed E-state index contributed by atoms with van der Waals surface area (Å²) in [5.41, 5.74) is 3.58. The van der Waals surface area contributed by atoms with Crippen molar-refractivity contribution in [3.63, 3.8) is 0 Å². The van der Waals surface area contributed by atoms with E-state index in [1.165, 1.54) is 19.3 Å². The van der Waals surface area contributed by atoms with E-state index < -0.39 is 0 Å². The van der Waals surface area contributed by atoms with E-state index in [0.717, 1.165) is 13.1 Å². The summed E-state index contributed by atoms with van der Waals surface area (Å²) in [5.74, 6) is 0. The van der Waals surface area contributed by atoms with Gasteiger partial charge < -0.3 is 5.32 Å². The van der Waals surface area contributed by atoms with Gasteiger partial charge in [-0.3, -0.25) is 0 Å². The average Bonchev–Trinajstić information content (AvgIpc) is 2.26. The van der Waals surface area contributed by atoms with Crippen LogP contribution in [0.15, 0.2) is 24.3 Å². The van der Waals surface area contributed by atoms with Crippen LogP contribution in [0, 0.1) is 5.41 Å². The molecule has 0 aromatic heterocycles. The topological polar surface area (TPSA) is 12.0 Å². The molecule has 1 unspecified atom stereocenters. The monoisotopic (exact) mass is 239 g/mol. The Balaban J connectivity index is 0.00000128. The van der Waals surface area contributed by atoms with Crippen molar-refractivity contribution in [2.45, 2.75) is 33.1 Å². The molecule has 1 aliphatic carbocycles. The first-order chi connectivity index (χ1) is 7.23. The van der Waals surface area contributed by atoms with Crippen LogP contribution >= 0.6 is 12.4 Å². The third-order valence-electron chi connectivity index (χ3n) is 3.54. The molecule has 0 saturated heterocycles. The molecule has 1 aliphatic rings. The summed E-state index contributed by atoms with van der Waals surface area (Å²) in [4.78, 5) is 0. The molecule has 0 radical (unpaired) electrons. The van der Waals surface area contributed by atoms with Gasteiger partial charge in [0.2, 0.25) is 0 Å². The molecule has 1 aromatic rings. The highest BCUT2D eigenvalue weighted by molar-refractivity contribution is 5.85. The lowest BCUT2D eigenvalue weighted by atomic mass is 9.73. The second-order valence-electron chi connectivity index (χ2n) is 5.04. The van der Waals surface area contributed by atoms with Crippen molar-refractivity contribution in [1.29, 1.82) is 0 Å². The van der Waals surface area contributed by atoms with Gasteiger partial charge in [-0.05, 0) is 42.3 Å². The Morgan fingerprint density at radius 2 is 1.94 bits per heavy atom. The predicted octanol–water partition coefficient (Wildman–Crippen LogP) is 3.21. The van der Waals surface area contributed by atoms with Crippen LogP contribution in [0.5, 0.6) is 0 Å². The number of rotatable bonds is 3. The molecule has 1 nitrogen and oxygen atoms in total. The maximum absolute atomic E-state index is 3.49. The second-order valence-corrected chi connectivity index (χ2v) is 5.04. The van der Waals surface area contributed by atoms with Gasteiger partial charge >= 0.3 is 0 Å². The minimum Gasteiger partial charge on any atom is -0.316 e. The molecule has 16 heavy (non-hydrogen) atoms. The van der Waals surface area contributed by atoms with Crippen molar-refractivity contribution in [2.75, 3.05) is 13.1 Å². The van der Waals surface area contributed by atoms with Crippen molar-refractivity contribution >= 4 is 12.4 Å². The van der Waals surface area contributed by atoms with E-state index in [-0.39, 0.29) is 12.4 Å². The summed E-state index contributed by atoms with van der Waals surface area (Å²) in [6, 6.07) is 8.89. The number of fused-ring (bicyclic) bond motifs is 1. The number of nitrogens with one attached hydrogen (secondary N) is 1. The Hall–Kier alpha value is -0.530. The molecular weight excluding hydrogens is 218 g/mol. The normalized spacial score (nSPS) is 23.4. The molecule has 2 heteroatoms. The third kappa shape index (κ3) is 2.99. The molecule has 0 bridgehead atoms.